The highest BCUT2D eigenvalue weighted by Gasteiger charge is 2.14. The molecule has 0 amide bonds. The summed E-state index contributed by atoms with van der Waals surface area (Å²) in [6.45, 7) is 1.99. The Hall–Kier alpha value is -3.86. The van der Waals surface area contributed by atoms with E-state index in [2.05, 4.69) is 56.7 Å². The third-order valence-corrected chi connectivity index (χ3v) is 5.07. The summed E-state index contributed by atoms with van der Waals surface area (Å²) in [5, 5.41) is 6.41. The number of pyridine rings is 4. The van der Waals surface area contributed by atoms with Gasteiger partial charge in [-0.25, -0.2) is 15.0 Å². The summed E-state index contributed by atoms with van der Waals surface area (Å²) >= 11 is 0. The lowest BCUT2D eigenvalue weighted by molar-refractivity contribution is 1.18. The first kappa shape index (κ1) is 17.3. The second kappa shape index (κ2) is 6.95. The zero-order valence-corrected chi connectivity index (χ0v) is 16.2. The van der Waals surface area contributed by atoms with Crippen LogP contribution in [-0.2, 0) is 0 Å². The average molecular weight is 377 g/mol. The van der Waals surface area contributed by atoms with Gasteiger partial charge in [-0.2, -0.15) is 0 Å². The van der Waals surface area contributed by atoms with Gasteiger partial charge in [0.15, 0.2) is 5.65 Å². The topological polar surface area (TPSA) is 63.6 Å². The van der Waals surface area contributed by atoms with E-state index in [4.69, 9.17) is 4.98 Å². The Balaban J connectivity index is 1.85. The minimum atomic E-state index is 0.711. The molecule has 0 saturated heterocycles. The van der Waals surface area contributed by atoms with Gasteiger partial charge in [-0.1, -0.05) is 24.3 Å². The van der Waals surface area contributed by atoms with Crippen LogP contribution in [0.3, 0.4) is 0 Å². The summed E-state index contributed by atoms with van der Waals surface area (Å²) in [6.07, 6.45) is 3.61. The van der Waals surface area contributed by atoms with Crippen LogP contribution in [0, 0.1) is 6.92 Å². The lowest BCUT2D eigenvalue weighted by Gasteiger charge is -2.13. The normalized spacial score (nSPS) is 11.1. The zero-order valence-electron chi connectivity index (χ0n) is 16.2. The van der Waals surface area contributed by atoms with Crippen molar-refractivity contribution in [1.29, 1.82) is 0 Å². The number of fused-ring (bicyclic) bond motifs is 2. The van der Waals surface area contributed by atoms with E-state index in [9.17, 15) is 0 Å². The lowest BCUT2D eigenvalue weighted by Crippen LogP contribution is -1.96. The van der Waals surface area contributed by atoms with E-state index in [1.165, 1.54) is 0 Å². The summed E-state index contributed by atoms with van der Waals surface area (Å²) in [5.41, 5.74) is 5.53. The standard InChI is InChI=1S/C24H19N5/c1-15-6-3-10-21(28-15)22-14-20(19-9-5-12-26-24(19)29-22)16-7-4-8-18-17(16)11-13-27-23(18)25-2/h3-14H,1-2H3,(H,25,27). The number of nitrogens with zero attached hydrogens (tertiary/aromatic N) is 4. The SMILES string of the molecule is CNc1nccc2c(-c3cc(-c4cccc(C)n4)nc4ncccc34)cccc12. The molecule has 5 aromatic rings. The van der Waals surface area contributed by atoms with Crippen molar-refractivity contribution in [3.8, 4) is 22.5 Å². The second-order valence-electron chi connectivity index (χ2n) is 6.90. The van der Waals surface area contributed by atoms with Gasteiger partial charge < -0.3 is 5.32 Å². The van der Waals surface area contributed by atoms with E-state index in [1.807, 2.05) is 44.4 Å². The molecule has 1 aromatic carbocycles. The summed E-state index contributed by atoms with van der Waals surface area (Å²) in [5.74, 6) is 0.862. The molecule has 4 aromatic heterocycles. The van der Waals surface area contributed by atoms with E-state index in [-0.39, 0.29) is 0 Å². The number of benzene rings is 1. The molecule has 1 N–H and O–H groups in total. The zero-order chi connectivity index (χ0) is 19.8. The third kappa shape index (κ3) is 2.97. The van der Waals surface area contributed by atoms with Crippen molar-refractivity contribution in [3.63, 3.8) is 0 Å². The van der Waals surface area contributed by atoms with Gasteiger partial charge in [-0.15, -0.1) is 0 Å². The van der Waals surface area contributed by atoms with Crippen molar-refractivity contribution in [2.24, 2.45) is 0 Å². The van der Waals surface area contributed by atoms with Crippen LogP contribution < -0.4 is 5.32 Å². The molecule has 0 aliphatic carbocycles. The van der Waals surface area contributed by atoms with Gasteiger partial charge in [0.05, 0.1) is 11.4 Å². The van der Waals surface area contributed by atoms with E-state index < -0.39 is 0 Å². The Morgan fingerprint density at radius 3 is 2.41 bits per heavy atom. The lowest BCUT2D eigenvalue weighted by atomic mass is 9.96. The first-order valence-corrected chi connectivity index (χ1v) is 9.50. The molecule has 5 nitrogen and oxygen atoms in total. The van der Waals surface area contributed by atoms with Crippen molar-refractivity contribution in [3.05, 3.63) is 78.8 Å². The summed E-state index contributed by atoms with van der Waals surface area (Å²) in [4.78, 5) is 18.4. The molecule has 5 rings (SSSR count). The minimum Gasteiger partial charge on any atom is -0.373 e. The number of anilines is 1. The van der Waals surface area contributed by atoms with Crippen LogP contribution in [0.2, 0.25) is 0 Å². The smallest absolute Gasteiger partial charge is 0.160 e. The molecule has 140 valence electrons. The fourth-order valence-corrected chi connectivity index (χ4v) is 3.74. The van der Waals surface area contributed by atoms with Crippen molar-refractivity contribution >= 4 is 27.6 Å². The largest absolute Gasteiger partial charge is 0.373 e. The molecular formula is C24H19N5. The number of hydrogen-bond acceptors (Lipinski definition) is 5. The molecule has 0 bridgehead atoms. The number of aryl methyl sites for hydroxylation is 1. The highest BCUT2D eigenvalue weighted by Crippen LogP contribution is 2.36. The molecule has 0 fully saturated rings. The van der Waals surface area contributed by atoms with Crippen LogP contribution in [0.25, 0.3) is 44.3 Å². The van der Waals surface area contributed by atoms with Crippen LogP contribution in [0.15, 0.2) is 73.1 Å². The number of nitrogens with one attached hydrogen (secondary N) is 1. The molecule has 29 heavy (non-hydrogen) atoms. The molecule has 0 saturated carbocycles. The van der Waals surface area contributed by atoms with Gasteiger partial charge in [0.1, 0.15) is 5.82 Å². The summed E-state index contributed by atoms with van der Waals surface area (Å²) < 4.78 is 0. The average Bonchev–Trinajstić information content (AvgIpc) is 2.77. The van der Waals surface area contributed by atoms with Crippen LogP contribution >= 0.6 is 0 Å². The second-order valence-corrected chi connectivity index (χ2v) is 6.90. The van der Waals surface area contributed by atoms with E-state index >= 15 is 0 Å². The molecule has 0 aliphatic heterocycles. The number of aromatic nitrogens is 4. The van der Waals surface area contributed by atoms with Gasteiger partial charge in [0.2, 0.25) is 0 Å². The van der Waals surface area contributed by atoms with Crippen LogP contribution in [0.5, 0.6) is 0 Å². The maximum atomic E-state index is 4.79. The quantitative estimate of drug-likeness (QED) is 0.465. The highest BCUT2D eigenvalue weighted by molar-refractivity contribution is 6.07. The summed E-state index contributed by atoms with van der Waals surface area (Å²) in [7, 11) is 1.89. The molecule has 5 heteroatoms. The van der Waals surface area contributed by atoms with Gasteiger partial charge >= 0.3 is 0 Å². The van der Waals surface area contributed by atoms with E-state index in [0.29, 0.717) is 5.65 Å². The van der Waals surface area contributed by atoms with E-state index in [0.717, 1.165) is 50.2 Å². The predicted octanol–water partition coefficient (Wildman–Crippen LogP) is 5.26. The minimum absolute atomic E-state index is 0.711. The Labute approximate surface area is 168 Å². The fourth-order valence-electron chi connectivity index (χ4n) is 3.74. The molecule has 0 spiro atoms. The molecular weight excluding hydrogens is 358 g/mol. The van der Waals surface area contributed by atoms with E-state index in [1.54, 1.807) is 6.20 Å². The number of hydrogen-bond donors (Lipinski definition) is 1. The Kier molecular flexibility index (Phi) is 4.13. The molecule has 0 unspecified atom stereocenters. The first-order valence-electron chi connectivity index (χ1n) is 9.50. The maximum Gasteiger partial charge on any atom is 0.160 e. The number of rotatable bonds is 3. The maximum absolute atomic E-state index is 4.79. The van der Waals surface area contributed by atoms with Crippen molar-refractivity contribution in [2.45, 2.75) is 6.92 Å². The van der Waals surface area contributed by atoms with Crippen LogP contribution in [0.1, 0.15) is 5.69 Å². The van der Waals surface area contributed by atoms with Gasteiger partial charge in [-0.3, -0.25) is 4.98 Å². The van der Waals surface area contributed by atoms with Gasteiger partial charge in [-0.05, 0) is 59.8 Å². The molecule has 0 radical (unpaired) electrons. The van der Waals surface area contributed by atoms with Crippen LogP contribution in [0.4, 0.5) is 5.82 Å². The Morgan fingerprint density at radius 1 is 0.690 bits per heavy atom. The third-order valence-electron chi connectivity index (χ3n) is 5.07. The van der Waals surface area contributed by atoms with Gasteiger partial charge in [0, 0.05) is 35.9 Å². The highest BCUT2D eigenvalue weighted by atomic mass is 14.9. The molecule has 0 atom stereocenters. The monoisotopic (exact) mass is 377 g/mol. The van der Waals surface area contributed by atoms with Crippen LogP contribution in [-0.4, -0.2) is 27.0 Å². The van der Waals surface area contributed by atoms with Gasteiger partial charge in [0.25, 0.3) is 0 Å². The predicted molar refractivity (Wildman–Crippen MR) is 118 cm³/mol. The Bertz CT molecular complexity index is 1360. The fraction of sp³-hybridized carbons (Fsp3) is 0.0833. The summed E-state index contributed by atoms with van der Waals surface area (Å²) in [6, 6.07) is 20.4. The first-order chi connectivity index (χ1) is 14.2. The van der Waals surface area contributed by atoms with Crippen molar-refractivity contribution < 1.29 is 0 Å². The van der Waals surface area contributed by atoms with Crippen molar-refractivity contribution in [2.75, 3.05) is 12.4 Å². The van der Waals surface area contributed by atoms with Crippen molar-refractivity contribution in [1.82, 2.24) is 19.9 Å². The Morgan fingerprint density at radius 2 is 1.55 bits per heavy atom. The molecule has 0 aliphatic rings. The molecule has 4 heterocycles.